The molecule has 0 atom stereocenters. The number of aryl methyl sites for hydroxylation is 5. The zero-order chi connectivity index (χ0) is 31.9. The number of carbonyl (C=O) groups is 2. The van der Waals surface area contributed by atoms with E-state index in [-0.39, 0.29) is 12.5 Å². The number of imidazole rings is 1. The van der Waals surface area contributed by atoms with Crippen LogP contribution in [-0.2, 0) is 17.8 Å². The Morgan fingerprint density at radius 2 is 1.59 bits per heavy atom. The van der Waals surface area contributed by atoms with Gasteiger partial charge in [-0.25, -0.2) is 9.78 Å². The molecular formula is C39H44N4O3. The Labute approximate surface area is 271 Å². The van der Waals surface area contributed by atoms with Gasteiger partial charge in [0, 0.05) is 28.3 Å². The van der Waals surface area contributed by atoms with Crippen molar-refractivity contribution in [2.75, 3.05) is 5.32 Å². The number of carbonyl (C=O) groups excluding carboxylic acids is 2. The highest BCUT2D eigenvalue weighted by Gasteiger charge is 2.47. The van der Waals surface area contributed by atoms with Gasteiger partial charge in [0.2, 0.25) is 0 Å². The summed E-state index contributed by atoms with van der Waals surface area (Å²) in [6.45, 7) is 8.11. The molecule has 8 rings (SSSR count). The molecule has 2 heterocycles. The molecule has 4 aromatic rings. The molecule has 7 heteroatoms. The summed E-state index contributed by atoms with van der Waals surface area (Å²) in [5.41, 5.74) is 7.82. The van der Waals surface area contributed by atoms with Crippen LogP contribution in [-0.4, -0.2) is 26.8 Å². The Morgan fingerprint density at radius 3 is 2.28 bits per heavy atom. The number of anilines is 1. The van der Waals surface area contributed by atoms with Crippen molar-refractivity contribution in [3.05, 3.63) is 99.6 Å². The zero-order valence-corrected chi connectivity index (χ0v) is 27.4. The molecule has 4 aliphatic rings. The molecule has 2 N–H and O–H groups in total. The molecule has 4 fully saturated rings. The van der Waals surface area contributed by atoms with Crippen molar-refractivity contribution in [3.8, 4) is 11.4 Å². The van der Waals surface area contributed by atoms with Gasteiger partial charge in [0.05, 0.1) is 5.56 Å². The highest BCUT2D eigenvalue weighted by Crippen LogP contribution is 2.57. The number of nitrogens with zero attached hydrogens (tertiary/aromatic N) is 2. The number of ether oxygens (including phenoxy) is 1. The van der Waals surface area contributed by atoms with Crippen LogP contribution < -0.4 is 5.32 Å². The number of benzene rings is 2. The van der Waals surface area contributed by atoms with Gasteiger partial charge in [-0.1, -0.05) is 36.4 Å². The van der Waals surface area contributed by atoms with Crippen LogP contribution in [0.15, 0.2) is 54.6 Å². The van der Waals surface area contributed by atoms with Crippen molar-refractivity contribution in [3.63, 3.8) is 0 Å². The number of hydrogen-bond donors (Lipinski definition) is 2. The van der Waals surface area contributed by atoms with Crippen LogP contribution >= 0.6 is 0 Å². The maximum Gasteiger partial charge on any atom is 0.338 e. The molecule has 4 saturated carbocycles. The van der Waals surface area contributed by atoms with E-state index in [2.05, 4.69) is 23.3 Å². The summed E-state index contributed by atoms with van der Waals surface area (Å²) >= 11 is 0. The third kappa shape index (κ3) is 6.12. The molecule has 0 unspecified atom stereocenters. The maximum absolute atomic E-state index is 14.0. The average molecular weight is 617 g/mol. The van der Waals surface area contributed by atoms with Gasteiger partial charge in [-0.3, -0.25) is 9.78 Å². The number of aromatic amines is 1. The number of rotatable bonds is 9. The van der Waals surface area contributed by atoms with Crippen LogP contribution in [0.5, 0.6) is 0 Å². The lowest BCUT2D eigenvalue weighted by Crippen LogP contribution is -2.45. The molecule has 238 valence electrons. The van der Waals surface area contributed by atoms with Crippen LogP contribution in [0.2, 0.25) is 0 Å². The van der Waals surface area contributed by atoms with Crippen molar-refractivity contribution in [2.24, 2.45) is 29.6 Å². The van der Waals surface area contributed by atoms with E-state index in [1.807, 2.05) is 63.2 Å². The topological polar surface area (TPSA) is 97.0 Å². The first-order valence-corrected chi connectivity index (χ1v) is 16.9. The average Bonchev–Trinajstić information content (AvgIpc) is 3.44. The molecule has 0 radical (unpaired) electrons. The van der Waals surface area contributed by atoms with Gasteiger partial charge >= 0.3 is 5.97 Å². The first kappa shape index (κ1) is 30.4. The summed E-state index contributed by atoms with van der Waals surface area (Å²) < 4.78 is 5.60. The molecule has 2 aromatic carbocycles. The van der Waals surface area contributed by atoms with Crippen molar-refractivity contribution >= 4 is 17.6 Å². The summed E-state index contributed by atoms with van der Waals surface area (Å²) in [4.78, 5) is 40.2. The van der Waals surface area contributed by atoms with Gasteiger partial charge in [-0.2, -0.15) is 0 Å². The number of hydrogen-bond acceptors (Lipinski definition) is 5. The summed E-state index contributed by atoms with van der Waals surface area (Å²) in [5.74, 6) is 4.23. The first-order chi connectivity index (χ1) is 22.2. The minimum absolute atomic E-state index is 0.186. The molecule has 2 aromatic heterocycles. The predicted molar refractivity (Wildman–Crippen MR) is 180 cm³/mol. The second-order valence-electron chi connectivity index (χ2n) is 14.1. The van der Waals surface area contributed by atoms with E-state index in [1.54, 1.807) is 6.07 Å². The Bertz CT molecular complexity index is 1720. The smallest absolute Gasteiger partial charge is 0.338 e. The summed E-state index contributed by atoms with van der Waals surface area (Å²) in [7, 11) is 0. The summed E-state index contributed by atoms with van der Waals surface area (Å²) in [5, 5.41) is 3.04. The molecule has 4 aliphatic carbocycles. The molecule has 1 amide bonds. The SMILES string of the molecule is Cc1cc(C)c(-c2nc(C(=O)Nc3ccc(C)c(C(=O)OCc4ccccc4)c3)c(CCC3C4CC5CC(C4)CC3C5)[nH]2)c(C)n1. The molecule has 0 spiro atoms. The Balaban J connectivity index is 1.13. The number of esters is 1. The number of nitrogens with one attached hydrogen (secondary N) is 2. The highest BCUT2D eigenvalue weighted by molar-refractivity contribution is 6.05. The molecule has 7 nitrogen and oxygen atoms in total. The molecule has 46 heavy (non-hydrogen) atoms. The monoisotopic (exact) mass is 616 g/mol. The maximum atomic E-state index is 14.0. The molecular weight excluding hydrogens is 572 g/mol. The Hall–Kier alpha value is -4.26. The lowest BCUT2D eigenvalue weighted by atomic mass is 9.51. The van der Waals surface area contributed by atoms with Crippen molar-refractivity contribution in [1.82, 2.24) is 15.0 Å². The second-order valence-corrected chi connectivity index (χ2v) is 14.1. The Kier molecular flexibility index (Phi) is 8.26. The fourth-order valence-corrected chi connectivity index (χ4v) is 9.01. The summed E-state index contributed by atoms with van der Waals surface area (Å²) in [6, 6.07) is 17.0. The van der Waals surface area contributed by atoms with E-state index in [4.69, 9.17) is 14.7 Å². The highest BCUT2D eigenvalue weighted by atomic mass is 16.5. The number of aromatic nitrogens is 3. The van der Waals surface area contributed by atoms with E-state index < -0.39 is 5.97 Å². The predicted octanol–water partition coefficient (Wildman–Crippen LogP) is 8.32. The van der Waals surface area contributed by atoms with Gasteiger partial charge in [0.1, 0.15) is 18.1 Å². The fourth-order valence-electron chi connectivity index (χ4n) is 9.01. The largest absolute Gasteiger partial charge is 0.457 e. The van der Waals surface area contributed by atoms with Crippen LogP contribution in [0.3, 0.4) is 0 Å². The second kappa shape index (κ2) is 12.5. The van der Waals surface area contributed by atoms with Gasteiger partial charge in [0.25, 0.3) is 5.91 Å². The van der Waals surface area contributed by atoms with E-state index in [0.29, 0.717) is 22.8 Å². The van der Waals surface area contributed by atoms with E-state index >= 15 is 0 Å². The van der Waals surface area contributed by atoms with E-state index in [9.17, 15) is 9.59 Å². The third-order valence-corrected chi connectivity index (χ3v) is 10.8. The first-order valence-electron chi connectivity index (χ1n) is 16.9. The normalized spacial score (nSPS) is 23.0. The number of pyridine rings is 1. The third-order valence-electron chi connectivity index (χ3n) is 10.8. The van der Waals surface area contributed by atoms with Crippen molar-refractivity contribution < 1.29 is 14.3 Å². The van der Waals surface area contributed by atoms with Crippen LogP contribution in [0.4, 0.5) is 5.69 Å². The number of H-pyrrole nitrogens is 1. The number of amides is 1. The van der Waals surface area contributed by atoms with E-state index in [0.717, 1.165) is 81.8 Å². The standard InChI is InChI=1S/C39H44N4O3/c1-22-10-11-31(20-33(22)39(45)46-21-26-8-6-5-7-9-26)41-38(44)36-34(42-37(43-36)35-23(2)14-24(3)40-25(35)4)13-12-32-29-16-27-15-28(18-29)19-30(32)17-27/h5-11,14,20,27-30,32H,12-13,15-19,21H2,1-4H3,(H,41,44)(H,42,43). The summed E-state index contributed by atoms with van der Waals surface area (Å²) in [6.07, 6.45) is 8.84. The van der Waals surface area contributed by atoms with Gasteiger partial charge in [-0.15, -0.1) is 0 Å². The van der Waals surface area contributed by atoms with Crippen LogP contribution in [0, 0.1) is 57.3 Å². The van der Waals surface area contributed by atoms with Gasteiger partial charge in [-0.05, 0) is 137 Å². The minimum atomic E-state index is -0.423. The quantitative estimate of drug-likeness (QED) is 0.184. The van der Waals surface area contributed by atoms with Crippen molar-refractivity contribution in [2.45, 2.75) is 79.2 Å². The van der Waals surface area contributed by atoms with E-state index in [1.165, 1.54) is 32.1 Å². The lowest BCUT2D eigenvalue weighted by Gasteiger charge is -2.54. The molecule has 0 aliphatic heterocycles. The molecule has 0 saturated heterocycles. The fraction of sp³-hybridized carbons (Fsp3) is 0.436. The minimum Gasteiger partial charge on any atom is -0.457 e. The lowest BCUT2D eigenvalue weighted by molar-refractivity contribution is -0.0394. The van der Waals surface area contributed by atoms with Crippen LogP contribution in [0.1, 0.15) is 93.1 Å². The zero-order valence-electron chi connectivity index (χ0n) is 27.4. The van der Waals surface area contributed by atoms with Crippen LogP contribution in [0.25, 0.3) is 11.4 Å². The van der Waals surface area contributed by atoms with Gasteiger partial charge < -0.3 is 15.0 Å². The van der Waals surface area contributed by atoms with Gasteiger partial charge in [0.15, 0.2) is 0 Å². The van der Waals surface area contributed by atoms with Crippen molar-refractivity contribution in [1.29, 1.82) is 0 Å². The Morgan fingerprint density at radius 1 is 0.870 bits per heavy atom. The molecule has 4 bridgehead atoms.